The van der Waals surface area contributed by atoms with Gasteiger partial charge in [-0.15, -0.1) is 0 Å². The first-order valence-corrected chi connectivity index (χ1v) is 5.48. The van der Waals surface area contributed by atoms with Gasteiger partial charge in [-0.25, -0.2) is 4.98 Å². The molecule has 2 aromatic rings. The topological polar surface area (TPSA) is 92.0 Å². The number of halogens is 1. The van der Waals surface area contributed by atoms with Crippen LogP contribution in [0, 0.1) is 0 Å². The zero-order chi connectivity index (χ0) is 11.7. The molecule has 0 fully saturated rings. The number of H-pyrrole nitrogens is 1. The van der Waals surface area contributed by atoms with Crippen molar-refractivity contribution in [2.45, 2.75) is 12.5 Å². The molecule has 0 saturated heterocycles. The number of aromatic amines is 1. The third-order valence-electron chi connectivity index (χ3n) is 2.22. The van der Waals surface area contributed by atoms with Crippen LogP contribution in [-0.2, 0) is 11.2 Å². The van der Waals surface area contributed by atoms with Gasteiger partial charge in [0.2, 0.25) is 0 Å². The van der Waals surface area contributed by atoms with Crippen LogP contribution in [0.1, 0.15) is 5.82 Å². The lowest BCUT2D eigenvalue weighted by Gasteiger charge is -2.01. The standard InChI is InChI=1S/C10H10BrN3O2/c11-5-1-2-7-8(3-5)14-9(13-7)4-6(12)10(15)16/h1-3,6H,4,12H2,(H,13,14)(H,15,16)/t6-/m0/s1. The molecule has 4 N–H and O–H groups in total. The quantitative estimate of drug-likeness (QED) is 0.791. The number of benzene rings is 1. The van der Waals surface area contributed by atoms with Gasteiger partial charge in [0, 0.05) is 10.9 Å². The number of carboxylic acid groups (broad SMARTS) is 1. The van der Waals surface area contributed by atoms with Crippen LogP contribution in [0.4, 0.5) is 0 Å². The molecule has 0 saturated carbocycles. The molecule has 0 aliphatic rings. The summed E-state index contributed by atoms with van der Waals surface area (Å²) in [7, 11) is 0. The highest BCUT2D eigenvalue weighted by Crippen LogP contribution is 2.18. The molecule has 1 aromatic carbocycles. The third-order valence-corrected chi connectivity index (χ3v) is 2.72. The molecule has 1 aromatic heterocycles. The van der Waals surface area contributed by atoms with Crippen LogP contribution in [0.2, 0.25) is 0 Å². The predicted molar refractivity (Wildman–Crippen MR) is 63.1 cm³/mol. The van der Waals surface area contributed by atoms with Gasteiger partial charge in [-0.2, -0.15) is 0 Å². The van der Waals surface area contributed by atoms with Crippen LogP contribution in [0.15, 0.2) is 22.7 Å². The van der Waals surface area contributed by atoms with Gasteiger partial charge >= 0.3 is 5.97 Å². The Balaban J connectivity index is 2.29. The van der Waals surface area contributed by atoms with Crippen molar-refractivity contribution in [3.8, 4) is 0 Å². The second kappa shape index (κ2) is 4.23. The first-order chi connectivity index (χ1) is 7.56. The fraction of sp³-hybridized carbons (Fsp3) is 0.200. The third kappa shape index (κ3) is 2.23. The summed E-state index contributed by atoms with van der Waals surface area (Å²) in [5.74, 6) is -0.440. The Morgan fingerprint density at radius 3 is 3.06 bits per heavy atom. The number of nitrogens with one attached hydrogen (secondary N) is 1. The number of hydrogen-bond donors (Lipinski definition) is 3. The number of aliphatic carboxylic acids is 1. The maximum absolute atomic E-state index is 10.6. The summed E-state index contributed by atoms with van der Waals surface area (Å²) in [6, 6.07) is 4.69. The molecule has 0 aliphatic carbocycles. The molecule has 84 valence electrons. The lowest BCUT2D eigenvalue weighted by molar-refractivity contribution is -0.138. The van der Waals surface area contributed by atoms with E-state index in [-0.39, 0.29) is 6.42 Å². The van der Waals surface area contributed by atoms with E-state index in [4.69, 9.17) is 10.8 Å². The number of rotatable bonds is 3. The number of carboxylic acids is 1. The van der Waals surface area contributed by atoms with Gasteiger partial charge in [0.25, 0.3) is 0 Å². The highest BCUT2D eigenvalue weighted by atomic mass is 79.9. The highest BCUT2D eigenvalue weighted by molar-refractivity contribution is 9.10. The van der Waals surface area contributed by atoms with E-state index in [2.05, 4.69) is 25.9 Å². The van der Waals surface area contributed by atoms with Crippen LogP contribution in [0.5, 0.6) is 0 Å². The van der Waals surface area contributed by atoms with E-state index in [1.807, 2.05) is 18.2 Å². The van der Waals surface area contributed by atoms with Gasteiger partial charge in [-0.1, -0.05) is 15.9 Å². The molecule has 5 nitrogen and oxygen atoms in total. The molecule has 0 spiro atoms. The van der Waals surface area contributed by atoms with E-state index in [1.165, 1.54) is 0 Å². The van der Waals surface area contributed by atoms with Crippen LogP contribution in [0.25, 0.3) is 11.0 Å². The van der Waals surface area contributed by atoms with Gasteiger partial charge in [0.1, 0.15) is 11.9 Å². The summed E-state index contributed by atoms with van der Waals surface area (Å²) in [5, 5.41) is 8.69. The fourth-order valence-electron chi connectivity index (χ4n) is 1.43. The van der Waals surface area contributed by atoms with Crippen molar-refractivity contribution in [2.75, 3.05) is 0 Å². The number of fused-ring (bicyclic) bond motifs is 1. The van der Waals surface area contributed by atoms with Crippen LogP contribution >= 0.6 is 15.9 Å². The minimum absolute atomic E-state index is 0.196. The molecule has 1 heterocycles. The van der Waals surface area contributed by atoms with Crippen molar-refractivity contribution >= 4 is 32.9 Å². The Labute approximate surface area is 99.8 Å². The minimum atomic E-state index is -1.03. The molecule has 0 radical (unpaired) electrons. The van der Waals surface area contributed by atoms with Gasteiger partial charge < -0.3 is 15.8 Å². The molecular formula is C10H10BrN3O2. The largest absolute Gasteiger partial charge is 0.480 e. The molecule has 2 rings (SSSR count). The smallest absolute Gasteiger partial charge is 0.320 e. The summed E-state index contributed by atoms with van der Waals surface area (Å²) in [5.41, 5.74) is 7.10. The first kappa shape index (κ1) is 11.1. The Morgan fingerprint density at radius 2 is 2.38 bits per heavy atom. The summed E-state index contributed by atoms with van der Waals surface area (Å²) in [6.07, 6.45) is 0.196. The van der Waals surface area contributed by atoms with Crippen molar-refractivity contribution in [2.24, 2.45) is 5.73 Å². The average Bonchev–Trinajstić information content (AvgIpc) is 2.58. The summed E-state index contributed by atoms with van der Waals surface area (Å²) in [6.45, 7) is 0. The average molecular weight is 284 g/mol. The number of aromatic nitrogens is 2. The Bertz CT molecular complexity index is 538. The van der Waals surface area contributed by atoms with E-state index >= 15 is 0 Å². The lowest BCUT2D eigenvalue weighted by Crippen LogP contribution is -2.32. The molecular weight excluding hydrogens is 274 g/mol. The summed E-state index contributed by atoms with van der Waals surface area (Å²) in [4.78, 5) is 17.9. The van der Waals surface area contributed by atoms with E-state index in [9.17, 15) is 4.79 Å². The molecule has 1 atom stereocenters. The van der Waals surface area contributed by atoms with Crippen molar-refractivity contribution in [1.29, 1.82) is 0 Å². The van der Waals surface area contributed by atoms with Crippen LogP contribution in [0.3, 0.4) is 0 Å². The minimum Gasteiger partial charge on any atom is -0.480 e. The Hall–Kier alpha value is -1.40. The maximum atomic E-state index is 10.6. The number of nitrogens with zero attached hydrogens (tertiary/aromatic N) is 1. The van der Waals surface area contributed by atoms with Crippen molar-refractivity contribution in [3.63, 3.8) is 0 Å². The second-order valence-corrected chi connectivity index (χ2v) is 4.41. The molecule has 0 bridgehead atoms. The van der Waals surface area contributed by atoms with E-state index in [0.29, 0.717) is 5.82 Å². The van der Waals surface area contributed by atoms with Gasteiger partial charge in [0.05, 0.1) is 11.0 Å². The fourth-order valence-corrected chi connectivity index (χ4v) is 1.79. The number of carbonyl (C=O) groups is 1. The molecule has 0 aliphatic heterocycles. The zero-order valence-corrected chi connectivity index (χ0v) is 9.86. The van der Waals surface area contributed by atoms with E-state index in [1.54, 1.807) is 0 Å². The Kier molecular flexibility index (Phi) is 2.93. The monoisotopic (exact) mass is 283 g/mol. The highest BCUT2D eigenvalue weighted by Gasteiger charge is 2.14. The van der Waals surface area contributed by atoms with Gasteiger partial charge in [-0.3, -0.25) is 4.79 Å². The zero-order valence-electron chi connectivity index (χ0n) is 8.27. The maximum Gasteiger partial charge on any atom is 0.320 e. The molecule has 16 heavy (non-hydrogen) atoms. The van der Waals surface area contributed by atoms with Crippen molar-refractivity contribution < 1.29 is 9.90 Å². The summed E-state index contributed by atoms with van der Waals surface area (Å²) < 4.78 is 0.942. The normalized spacial score (nSPS) is 12.9. The molecule has 0 amide bonds. The van der Waals surface area contributed by atoms with Gasteiger partial charge in [-0.05, 0) is 18.2 Å². The Morgan fingerprint density at radius 1 is 1.62 bits per heavy atom. The molecule has 6 heteroatoms. The molecule has 0 unspecified atom stereocenters. The van der Waals surface area contributed by atoms with E-state index < -0.39 is 12.0 Å². The van der Waals surface area contributed by atoms with Crippen molar-refractivity contribution in [3.05, 3.63) is 28.5 Å². The van der Waals surface area contributed by atoms with Crippen LogP contribution < -0.4 is 5.73 Å². The first-order valence-electron chi connectivity index (χ1n) is 4.69. The number of imidazole rings is 1. The number of nitrogens with two attached hydrogens (primary N) is 1. The van der Waals surface area contributed by atoms with E-state index in [0.717, 1.165) is 15.5 Å². The number of hydrogen-bond acceptors (Lipinski definition) is 3. The van der Waals surface area contributed by atoms with Crippen molar-refractivity contribution in [1.82, 2.24) is 9.97 Å². The predicted octanol–water partition coefficient (Wildman–Crippen LogP) is 1.28. The lowest BCUT2D eigenvalue weighted by atomic mass is 10.2. The summed E-state index contributed by atoms with van der Waals surface area (Å²) >= 11 is 3.35. The SMILES string of the molecule is N[C@@H](Cc1nc2ccc(Br)cc2[nH]1)C(=O)O. The van der Waals surface area contributed by atoms with Crippen LogP contribution in [-0.4, -0.2) is 27.1 Å². The second-order valence-electron chi connectivity index (χ2n) is 3.49. The van der Waals surface area contributed by atoms with Gasteiger partial charge in [0.15, 0.2) is 0 Å².